The molecule has 1 heterocycles. The molecule has 0 aromatic heterocycles. The lowest BCUT2D eigenvalue weighted by atomic mass is 10.0. The topological polar surface area (TPSA) is 55.8 Å². The summed E-state index contributed by atoms with van der Waals surface area (Å²) < 4.78 is 11.8. The number of imide groups is 1. The van der Waals surface area contributed by atoms with Gasteiger partial charge in [0.25, 0.3) is 11.1 Å². The average molecular weight is 564 g/mol. The Bertz CT molecular complexity index is 1560. The summed E-state index contributed by atoms with van der Waals surface area (Å²) in [4.78, 5) is 27.6. The number of thioether (sulfide) groups is 1. The third kappa shape index (κ3) is 5.53. The minimum absolute atomic E-state index is 0.198. The Kier molecular flexibility index (Phi) is 7.93. The maximum absolute atomic E-state index is 13.2. The highest BCUT2D eigenvalue weighted by atomic mass is 35.5. The first-order valence-electron chi connectivity index (χ1n) is 12.0. The zero-order chi connectivity index (χ0) is 26.6. The van der Waals surface area contributed by atoms with Crippen molar-refractivity contribution in [3.63, 3.8) is 0 Å². The fourth-order valence-electron chi connectivity index (χ4n) is 4.23. The van der Waals surface area contributed by atoms with Crippen LogP contribution in [0.4, 0.5) is 4.79 Å². The monoisotopic (exact) mass is 563 g/mol. The molecule has 2 amide bonds. The highest BCUT2D eigenvalue weighted by Crippen LogP contribution is 2.40. The molecule has 38 heavy (non-hydrogen) atoms. The largest absolute Gasteiger partial charge is 0.490 e. The second kappa shape index (κ2) is 11.5. The van der Waals surface area contributed by atoms with E-state index in [0.717, 1.165) is 33.7 Å². The number of hydrogen-bond acceptors (Lipinski definition) is 5. The minimum Gasteiger partial charge on any atom is -0.490 e. The van der Waals surface area contributed by atoms with Gasteiger partial charge in [0.2, 0.25) is 0 Å². The molecule has 0 atom stereocenters. The lowest BCUT2D eigenvalue weighted by Gasteiger charge is -2.15. The Morgan fingerprint density at radius 2 is 1.61 bits per heavy atom. The van der Waals surface area contributed by atoms with E-state index in [1.54, 1.807) is 24.3 Å². The van der Waals surface area contributed by atoms with Gasteiger partial charge in [-0.3, -0.25) is 14.5 Å². The molecule has 192 valence electrons. The average Bonchev–Trinajstić information content (AvgIpc) is 3.16. The summed E-state index contributed by atoms with van der Waals surface area (Å²) in [5.74, 6) is 0.476. The van der Waals surface area contributed by atoms with Gasteiger partial charge in [-0.05, 0) is 64.9 Å². The van der Waals surface area contributed by atoms with Crippen LogP contribution in [-0.4, -0.2) is 22.7 Å². The van der Waals surface area contributed by atoms with Crippen LogP contribution in [0.1, 0.15) is 23.6 Å². The molecule has 0 radical (unpaired) electrons. The van der Waals surface area contributed by atoms with Gasteiger partial charge in [-0.15, -0.1) is 0 Å². The van der Waals surface area contributed by atoms with Crippen LogP contribution in [0.2, 0.25) is 10.0 Å². The summed E-state index contributed by atoms with van der Waals surface area (Å²) >= 11 is 13.7. The van der Waals surface area contributed by atoms with Crippen LogP contribution in [0.25, 0.3) is 16.8 Å². The third-order valence-corrected chi connectivity index (χ3v) is 7.60. The number of amides is 2. The normalized spacial score (nSPS) is 14.5. The van der Waals surface area contributed by atoms with E-state index in [9.17, 15) is 9.59 Å². The second-order valence-electron chi connectivity index (χ2n) is 8.55. The highest BCUT2D eigenvalue weighted by molar-refractivity contribution is 8.18. The fraction of sp³-hybridized carbons (Fsp3) is 0.133. The molecule has 0 unspecified atom stereocenters. The third-order valence-electron chi connectivity index (χ3n) is 6.04. The summed E-state index contributed by atoms with van der Waals surface area (Å²) in [6, 6.07) is 24.6. The number of fused-ring (bicyclic) bond motifs is 1. The predicted octanol–water partition coefficient (Wildman–Crippen LogP) is 8.36. The van der Waals surface area contributed by atoms with E-state index in [1.165, 1.54) is 4.90 Å². The van der Waals surface area contributed by atoms with Gasteiger partial charge in [0.1, 0.15) is 6.61 Å². The van der Waals surface area contributed by atoms with Gasteiger partial charge in [-0.2, -0.15) is 0 Å². The van der Waals surface area contributed by atoms with E-state index in [0.29, 0.717) is 38.6 Å². The molecule has 1 aliphatic heterocycles. The molecule has 5 rings (SSSR count). The first-order chi connectivity index (χ1) is 18.4. The number of nitrogens with zero attached hydrogens (tertiary/aromatic N) is 1. The fourth-order valence-corrected chi connectivity index (χ4v) is 5.53. The summed E-state index contributed by atoms with van der Waals surface area (Å²) in [7, 11) is 0. The Labute approximate surface area is 234 Å². The molecule has 0 N–H and O–H groups in total. The Hall–Kier alpha value is -3.45. The van der Waals surface area contributed by atoms with Crippen LogP contribution in [-0.2, 0) is 17.9 Å². The van der Waals surface area contributed by atoms with E-state index < -0.39 is 0 Å². The van der Waals surface area contributed by atoms with Crippen molar-refractivity contribution in [3.05, 3.63) is 111 Å². The summed E-state index contributed by atoms with van der Waals surface area (Å²) in [5.41, 5.74) is 2.35. The van der Waals surface area contributed by atoms with Crippen LogP contribution < -0.4 is 9.47 Å². The molecule has 8 heteroatoms. The summed E-state index contributed by atoms with van der Waals surface area (Å²) in [5, 5.41) is 2.67. The van der Waals surface area contributed by atoms with Gasteiger partial charge in [0, 0.05) is 10.6 Å². The molecule has 5 nitrogen and oxygen atoms in total. The van der Waals surface area contributed by atoms with Gasteiger partial charge >= 0.3 is 0 Å². The molecular formula is C30H23Cl2NO4S. The van der Waals surface area contributed by atoms with Crippen molar-refractivity contribution < 1.29 is 19.1 Å². The minimum atomic E-state index is -0.346. The molecule has 4 aromatic rings. The van der Waals surface area contributed by atoms with Crippen molar-refractivity contribution in [2.45, 2.75) is 20.1 Å². The van der Waals surface area contributed by atoms with Gasteiger partial charge in [0.15, 0.2) is 11.5 Å². The van der Waals surface area contributed by atoms with Crippen LogP contribution in [0, 0.1) is 0 Å². The molecule has 1 aliphatic rings. The molecule has 1 saturated heterocycles. The number of carbonyl (C=O) groups excluding carboxylic acids is 2. The van der Waals surface area contributed by atoms with Gasteiger partial charge < -0.3 is 9.47 Å². The predicted molar refractivity (Wildman–Crippen MR) is 154 cm³/mol. The van der Waals surface area contributed by atoms with E-state index in [1.807, 2.05) is 67.6 Å². The van der Waals surface area contributed by atoms with Gasteiger partial charge in [-0.1, -0.05) is 83.9 Å². The molecular weight excluding hydrogens is 541 g/mol. The molecule has 1 fully saturated rings. The molecule has 0 aliphatic carbocycles. The number of rotatable bonds is 8. The highest BCUT2D eigenvalue weighted by Gasteiger charge is 2.35. The lowest BCUT2D eigenvalue weighted by Crippen LogP contribution is -2.27. The Morgan fingerprint density at radius 1 is 0.868 bits per heavy atom. The Balaban J connectivity index is 1.39. The first kappa shape index (κ1) is 26.2. The van der Waals surface area contributed by atoms with Crippen molar-refractivity contribution in [2.75, 3.05) is 6.61 Å². The Morgan fingerprint density at radius 3 is 2.42 bits per heavy atom. The summed E-state index contributed by atoms with van der Waals surface area (Å²) in [6.07, 6.45) is 1.65. The SMILES string of the molecule is CCOc1cc(/C=C2/SC(=O)N(Cc3cccc4ccccc34)C2=O)cc(Cl)c1OCc1ccccc1Cl. The standard InChI is InChI=1S/C30H23Cl2NO4S/c1-2-36-26-15-19(14-25(32)28(26)37-18-22-9-4-6-13-24(22)31)16-27-29(34)33(30(35)38-27)17-21-11-7-10-20-8-3-5-12-23(20)21/h3-16H,2,17-18H2,1H3/b27-16+. The zero-order valence-electron chi connectivity index (χ0n) is 20.4. The molecule has 0 saturated carbocycles. The smallest absolute Gasteiger partial charge is 0.293 e. The number of benzene rings is 4. The van der Waals surface area contributed by atoms with Crippen LogP contribution >= 0.6 is 35.0 Å². The van der Waals surface area contributed by atoms with E-state index in [-0.39, 0.29) is 24.3 Å². The van der Waals surface area contributed by atoms with Gasteiger partial charge in [-0.25, -0.2) is 0 Å². The zero-order valence-corrected chi connectivity index (χ0v) is 22.8. The van der Waals surface area contributed by atoms with Crippen LogP contribution in [0.15, 0.2) is 83.8 Å². The maximum Gasteiger partial charge on any atom is 0.293 e. The molecule has 0 bridgehead atoms. The first-order valence-corrected chi connectivity index (χ1v) is 13.6. The lowest BCUT2D eigenvalue weighted by molar-refractivity contribution is -0.123. The van der Waals surface area contributed by atoms with Crippen molar-refractivity contribution in [1.82, 2.24) is 4.90 Å². The maximum atomic E-state index is 13.2. The van der Waals surface area contributed by atoms with Gasteiger partial charge in [0.05, 0.1) is 23.1 Å². The molecule has 0 spiro atoms. The number of halogens is 2. The van der Waals surface area contributed by atoms with Crippen molar-refractivity contribution >= 4 is 63.0 Å². The van der Waals surface area contributed by atoms with Crippen molar-refractivity contribution in [2.24, 2.45) is 0 Å². The summed E-state index contributed by atoms with van der Waals surface area (Å²) in [6.45, 7) is 2.66. The van der Waals surface area contributed by atoms with E-state index >= 15 is 0 Å². The van der Waals surface area contributed by atoms with E-state index in [2.05, 4.69) is 0 Å². The number of carbonyl (C=O) groups is 2. The number of ether oxygens (including phenoxy) is 2. The van der Waals surface area contributed by atoms with Crippen molar-refractivity contribution in [3.8, 4) is 11.5 Å². The second-order valence-corrected chi connectivity index (χ2v) is 10.4. The van der Waals surface area contributed by atoms with Crippen molar-refractivity contribution in [1.29, 1.82) is 0 Å². The van der Waals surface area contributed by atoms with Crippen LogP contribution in [0.5, 0.6) is 11.5 Å². The molecule has 4 aromatic carbocycles. The number of hydrogen-bond donors (Lipinski definition) is 0. The van der Waals surface area contributed by atoms with E-state index in [4.69, 9.17) is 32.7 Å². The van der Waals surface area contributed by atoms with Crippen LogP contribution in [0.3, 0.4) is 0 Å². The quantitative estimate of drug-likeness (QED) is 0.201.